The van der Waals surface area contributed by atoms with Crippen LogP contribution in [-0.2, 0) is 4.79 Å². The summed E-state index contributed by atoms with van der Waals surface area (Å²) in [5.74, 6) is -1.23. The number of aromatic amines is 1. The Bertz CT molecular complexity index is 430. The Morgan fingerprint density at radius 1 is 1.59 bits per heavy atom. The SMILES string of the molecule is CCC(C)(CC(=O)O)NC(=O)c1cc(Br)c[nH]1. The molecule has 1 unspecified atom stereocenters. The Morgan fingerprint density at radius 2 is 2.24 bits per heavy atom. The number of halogens is 1. The maximum Gasteiger partial charge on any atom is 0.305 e. The molecule has 1 rings (SSSR count). The van der Waals surface area contributed by atoms with E-state index in [2.05, 4.69) is 26.2 Å². The van der Waals surface area contributed by atoms with Crippen molar-refractivity contribution in [3.05, 3.63) is 22.4 Å². The van der Waals surface area contributed by atoms with Crippen LogP contribution in [-0.4, -0.2) is 27.5 Å². The van der Waals surface area contributed by atoms with Gasteiger partial charge in [0.2, 0.25) is 0 Å². The van der Waals surface area contributed by atoms with Gasteiger partial charge in [0.05, 0.1) is 6.42 Å². The van der Waals surface area contributed by atoms with Crippen LogP contribution < -0.4 is 5.32 Å². The lowest BCUT2D eigenvalue weighted by molar-refractivity contribution is -0.138. The number of amides is 1. The van der Waals surface area contributed by atoms with Crippen LogP contribution in [0.25, 0.3) is 0 Å². The Hall–Kier alpha value is -1.30. The molecule has 0 aromatic carbocycles. The van der Waals surface area contributed by atoms with Crippen LogP contribution in [0, 0.1) is 0 Å². The predicted octanol–water partition coefficient (Wildman–Crippen LogP) is 2.15. The van der Waals surface area contributed by atoms with Gasteiger partial charge < -0.3 is 15.4 Å². The predicted molar refractivity (Wildman–Crippen MR) is 66.9 cm³/mol. The minimum atomic E-state index is -0.928. The number of carbonyl (C=O) groups is 2. The number of aliphatic carboxylic acids is 1. The smallest absolute Gasteiger partial charge is 0.305 e. The van der Waals surface area contributed by atoms with Crippen LogP contribution in [0.4, 0.5) is 0 Å². The molecular weight excluding hydrogens is 288 g/mol. The number of aromatic nitrogens is 1. The molecule has 1 heterocycles. The van der Waals surface area contributed by atoms with Gasteiger partial charge in [-0.2, -0.15) is 0 Å². The van der Waals surface area contributed by atoms with E-state index in [0.717, 1.165) is 4.47 Å². The highest BCUT2D eigenvalue weighted by molar-refractivity contribution is 9.10. The lowest BCUT2D eigenvalue weighted by atomic mass is 9.94. The highest BCUT2D eigenvalue weighted by Crippen LogP contribution is 2.16. The number of hydrogen-bond donors (Lipinski definition) is 3. The molecule has 6 heteroatoms. The highest BCUT2D eigenvalue weighted by Gasteiger charge is 2.28. The van der Waals surface area contributed by atoms with Crippen LogP contribution >= 0.6 is 15.9 Å². The van der Waals surface area contributed by atoms with E-state index >= 15 is 0 Å². The number of carbonyl (C=O) groups excluding carboxylic acids is 1. The van der Waals surface area contributed by atoms with Crippen LogP contribution in [0.1, 0.15) is 37.2 Å². The summed E-state index contributed by atoms with van der Waals surface area (Å²) < 4.78 is 0.777. The average molecular weight is 303 g/mol. The molecule has 1 atom stereocenters. The summed E-state index contributed by atoms with van der Waals surface area (Å²) in [5.41, 5.74) is -0.331. The fourth-order valence-corrected chi connectivity index (χ4v) is 1.78. The van der Waals surface area contributed by atoms with Gasteiger partial charge in [-0.25, -0.2) is 0 Å². The Morgan fingerprint density at radius 3 is 2.65 bits per heavy atom. The van der Waals surface area contributed by atoms with E-state index in [-0.39, 0.29) is 12.3 Å². The first-order chi connectivity index (χ1) is 7.86. The van der Waals surface area contributed by atoms with Crippen molar-refractivity contribution < 1.29 is 14.7 Å². The van der Waals surface area contributed by atoms with Gasteiger partial charge in [-0.3, -0.25) is 9.59 Å². The molecule has 0 fully saturated rings. The molecule has 0 radical (unpaired) electrons. The first-order valence-electron chi connectivity index (χ1n) is 5.24. The normalized spacial score (nSPS) is 14.1. The molecule has 1 amide bonds. The van der Waals surface area contributed by atoms with E-state index in [1.165, 1.54) is 0 Å². The first-order valence-corrected chi connectivity index (χ1v) is 6.04. The molecule has 0 bridgehead atoms. The standard InChI is InChI=1S/C11H15BrN2O3/c1-3-11(2,5-9(15)16)14-10(17)8-4-7(12)6-13-8/h4,6,13H,3,5H2,1-2H3,(H,14,17)(H,15,16). The summed E-state index contributed by atoms with van der Waals surface area (Å²) in [6.07, 6.45) is 2.10. The third-order valence-electron chi connectivity index (χ3n) is 2.63. The lowest BCUT2D eigenvalue weighted by Crippen LogP contribution is -2.47. The van der Waals surface area contributed by atoms with Gasteiger partial charge in [0, 0.05) is 16.2 Å². The zero-order valence-corrected chi connectivity index (χ0v) is 11.3. The van der Waals surface area contributed by atoms with Crippen LogP contribution in [0.5, 0.6) is 0 Å². The maximum absolute atomic E-state index is 11.9. The zero-order chi connectivity index (χ0) is 13.1. The molecule has 0 spiro atoms. The second-order valence-electron chi connectivity index (χ2n) is 4.17. The Kier molecular flexibility index (Phi) is 4.34. The van der Waals surface area contributed by atoms with Gasteiger partial charge in [0.25, 0.3) is 5.91 Å². The topological polar surface area (TPSA) is 82.2 Å². The Labute approximate surface area is 108 Å². The summed E-state index contributed by atoms with van der Waals surface area (Å²) in [4.78, 5) is 25.4. The van der Waals surface area contributed by atoms with E-state index in [9.17, 15) is 9.59 Å². The second-order valence-corrected chi connectivity index (χ2v) is 5.09. The van der Waals surface area contributed by atoms with Crippen molar-refractivity contribution in [3.63, 3.8) is 0 Å². The second kappa shape index (κ2) is 5.35. The molecule has 0 saturated carbocycles. The fraction of sp³-hybridized carbons (Fsp3) is 0.455. The van der Waals surface area contributed by atoms with Gasteiger partial charge in [-0.05, 0) is 35.3 Å². The number of nitrogens with one attached hydrogen (secondary N) is 2. The minimum absolute atomic E-state index is 0.100. The van der Waals surface area contributed by atoms with E-state index in [1.807, 2.05) is 6.92 Å². The van der Waals surface area contributed by atoms with E-state index in [0.29, 0.717) is 12.1 Å². The van der Waals surface area contributed by atoms with E-state index in [1.54, 1.807) is 19.2 Å². The molecular formula is C11H15BrN2O3. The van der Waals surface area contributed by atoms with Gasteiger partial charge in [-0.15, -0.1) is 0 Å². The third-order valence-corrected chi connectivity index (χ3v) is 3.09. The molecule has 94 valence electrons. The minimum Gasteiger partial charge on any atom is -0.481 e. The molecule has 1 aromatic rings. The van der Waals surface area contributed by atoms with Crippen LogP contribution in [0.3, 0.4) is 0 Å². The molecule has 3 N–H and O–H groups in total. The van der Waals surface area contributed by atoms with E-state index in [4.69, 9.17) is 5.11 Å². The van der Waals surface area contributed by atoms with Crippen LogP contribution in [0.2, 0.25) is 0 Å². The molecule has 5 nitrogen and oxygen atoms in total. The number of hydrogen-bond acceptors (Lipinski definition) is 2. The van der Waals surface area contributed by atoms with Crippen molar-refractivity contribution in [2.75, 3.05) is 0 Å². The van der Waals surface area contributed by atoms with E-state index < -0.39 is 11.5 Å². The number of rotatable bonds is 5. The molecule has 0 aliphatic carbocycles. The van der Waals surface area contributed by atoms with Crippen LogP contribution in [0.15, 0.2) is 16.7 Å². The number of carboxylic acids is 1. The molecule has 1 aromatic heterocycles. The molecule has 0 aliphatic heterocycles. The van der Waals surface area contributed by atoms with Crippen molar-refractivity contribution in [1.29, 1.82) is 0 Å². The Balaban J connectivity index is 2.74. The third kappa shape index (κ3) is 3.89. The summed E-state index contributed by atoms with van der Waals surface area (Å²) in [6, 6.07) is 1.65. The van der Waals surface area contributed by atoms with Gasteiger partial charge in [0.15, 0.2) is 0 Å². The number of carboxylic acid groups (broad SMARTS) is 1. The van der Waals surface area contributed by atoms with Gasteiger partial charge in [0.1, 0.15) is 5.69 Å². The summed E-state index contributed by atoms with van der Waals surface area (Å²) >= 11 is 3.23. The fourth-order valence-electron chi connectivity index (χ4n) is 1.43. The first kappa shape index (κ1) is 13.8. The van der Waals surface area contributed by atoms with Gasteiger partial charge in [-0.1, -0.05) is 6.92 Å². The molecule has 0 aliphatic rings. The van der Waals surface area contributed by atoms with Crippen molar-refractivity contribution in [1.82, 2.24) is 10.3 Å². The van der Waals surface area contributed by atoms with Gasteiger partial charge >= 0.3 is 5.97 Å². The van der Waals surface area contributed by atoms with Crippen molar-refractivity contribution >= 4 is 27.8 Å². The molecule has 17 heavy (non-hydrogen) atoms. The highest BCUT2D eigenvalue weighted by atomic mass is 79.9. The van der Waals surface area contributed by atoms with Crippen molar-refractivity contribution in [2.24, 2.45) is 0 Å². The number of H-pyrrole nitrogens is 1. The zero-order valence-electron chi connectivity index (χ0n) is 9.71. The maximum atomic E-state index is 11.9. The monoisotopic (exact) mass is 302 g/mol. The van der Waals surface area contributed by atoms with Crippen molar-refractivity contribution in [2.45, 2.75) is 32.2 Å². The summed E-state index contributed by atoms with van der Waals surface area (Å²) in [7, 11) is 0. The van der Waals surface area contributed by atoms with Crippen molar-refractivity contribution in [3.8, 4) is 0 Å². The molecule has 0 saturated heterocycles. The largest absolute Gasteiger partial charge is 0.481 e. The lowest BCUT2D eigenvalue weighted by Gasteiger charge is -2.27. The summed E-state index contributed by atoms with van der Waals surface area (Å²) in [6.45, 7) is 3.56. The summed E-state index contributed by atoms with van der Waals surface area (Å²) in [5, 5.41) is 11.5. The average Bonchev–Trinajstić information content (AvgIpc) is 2.63. The quantitative estimate of drug-likeness (QED) is 0.779.